The summed E-state index contributed by atoms with van der Waals surface area (Å²) >= 11 is 0. The minimum absolute atomic E-state index is 0.0606. The molecule has 0 aromatic carbocycles. The zero-order valence-electron chi connectivity index (χ0n) is 8.58. The van der Waals surface area contributed by atoms with Gasteiger partial charge in [-0.1, -0.05) is 12.8 Å². The van der Waals surface area contributed by atoms with Crippen LogP contribution < -0.4 is 5.32 Å². The second-order valence-corrected chi connectivity index (χ2v) is 3.49. The molecule has 14 heavy (non-hydrogen) atoms. The van der Waals surface area contributed by atoms with E-state index in [2.05, 4.69) is 11.2 Å². The molecule has 1 aliphatic rings. The molecule has 78 valence electrons. The molecule has 0 saturated carbocycles. The van der Waals surface area contributed by atoms with Gasteiger partial charge < -0.3 is 10.1 Å². The van der Waals surface area contributed by atoms with Gasteiger partial charge in [0.05, 0.1) is 6.04 Å². The first kappa shape index (κ1) is 11.1. The van der Waals surface area contributed by atoms with Crippen molar-refractivity contribution in [1.82, 2.24) is 5.32 Å². The topological polar surface area (TPSA) is 38.3 Å². The fraction of sp³-hybridized carbons (Fsp3) is 0.727. The van der Waals surface area contributed by atoms with Gasteiger partial charge in [-0.05, 0) is 25.7 Å². The highest BCUT2D eigenvalue weighted by molar-refractivity contribution is 5.81. The van der Waals surface area contributed by atoms with E-state index < -0.39 is 0 Å². The molecular weight excluding hydrogens is 178 g/mol. The summed E-state index contributed by atoms with van der Waals surface area (Å²) in [5, 5.41) is 2.79. The van der Waals surface area contributed by atoms with Gasteiger partial charge in [0.25, 0.3) is 0 Å². The third-order valence-corrected chi connectivity index (χ3v) is 2.40. The molecule has 3 heteroatoms. The highest BCUT2D eigenvalue weighted by atomic mass is 16.5. The van der Waals surface area contributed by atoms with Crippen LogP contribution in [0.1, 0.15) is 32.6 Å². The van der Waals surface area contributed by atoms with E-state index in [9.17, 15) is 4.79 Å². The van der Waals surface area contributed by atoms with E-state index in [4.69, 9.17) is 11.2 Å². The molecule has 1 aliphatic heterocycles. The van der Waals surface area contributed by atoms with Crippen molar-refractivity contribution in [3.05, 3.63) is 0 Å². The first-order chi connectivity index (χ1) is 6.77. The Hall–Kier alpha value is -1.01. The minimum atomic E-state index is -0.286. The van der Waals surface area contributed by atoms with Crippen LogP contribution >= 0.6 is 0 Å². The molecule has 0 aliphatic carbocycles. The van der Waals surface area contributed by atoms with Crippen molar-refractivity contribution >= 4 is 5.91 Å². The van der Waals surface area contributed by atoms with Crippen LogP contribution in [-0.2, 0) is 9.53 Å². The summed E-state index contributed by atoms with van der Waals surface area (Å²) in [4.78, 5) is 11.6. The summed E-state index contributed by atoms with van der Waals surface area (Å²) in [5.41, 5.74) is 0. The number of ether oxygens (including phenoxy) is 1. The Morgan fingerprint density at radius 1 is 1.71 bits per heavy atom. The van der Waals surface area contributed by atoms with Gasteiger partial charge in [0.15, 0.2) is 0 Å². The van der Waals surface area contributed by atoms with Crippen LogP contribution in [0.25, 0.3) is 0 Å². The average Bonchev–Trinajstić information content (AvgIpc) is 2.26. The van der Waals surface area contributed by atoms with E-state index in [1.807, 2.05) is 6.92 Å². The zero-order valence-corrected chi connectivity index (χ0v) is 8.58. The number of rotatable bonds is 3. The van der Waals surface area contributed by atoms with Crippen LogP contribution in [0.15, 0.2) is 0 Å². The van der Waals surface area contributed by atoms with Crippen LogP contribution in [0.4, 0.5) is 0 Å². The van der Waals surface area contributed by atoms with E-state index in [1.165, 1.54) is 0 Å². The number of carbonyl (C=O) groups is 1. The summed E-state index contributed by atoms with van der Waals surface area (Å²) in [7, 11) is 0. The molecule has 0 aromatic heterocycles. The van der Waals surface area contributed by atoms with Crippen molar-refractivity contribution in [3.63, 3.8) is 0 Å². The van der Waals surface area contributed by atoms with E-state index >= 15 is 0 Å². The van der Waals surface area contributed by atoms with Crippen molar-refractivity contribution in [1.29, 1.82) is 0 Å². The Morgan fingerprint density at radius 3 is 3.00 bits per heavy atom. The zero-order chi connectivity index (χ0) is 10.4. The Morgan fingerprint density at radius 2 is 2.50 bits per heavy atom. The highest BCUT2D eigenvalue weighted by Crippen LogP contribution is 2.12. The molecule has 0 spiro atoms. The smallest absolute Gasteiger partial charge is 0.250 e. The number of nitrogens with one attached hydrogen (secondary N) is 1. The standard InChI is InChI=1S/C11H17NO2/c1-3-9(4-2)12-11(13)10-7-5-6-8-14-10/h1,9-10H,4-8H2,2H3,(H,12,13). The Kier molecular flexibility index (Phi) is 4.48. The van der Waals surface area contributed by atoms with Gasteiger partial charge in [0.1, 0.15) is 6.10 Å². The molecule has 1 fully saturated rings. The van der Waals surface area contributed by atoms with Gasteiger partial charge in [-0.25, -0.2) is 0 Å². The SMILES string of the molecule is C#CC(CC)NC(=O)C1CCCCO1. The van der Waals surface area contributed by atoms with Gasteiger partial charge >= 0.3 is 0 Å². The number of terminal acetylenes is 1. The van der Waals surface area contributed by atoms with Crippen LogP contribution in [0.3, 0.4) is 0 Å². The second kappa shape index (κ2) is 5.66. The monoisotopic (exact) mass is 195 g/mol. The third kappa shape index (κ3) is 3.04. The minimum Gasteiger partial charge on any atom is -0.368 e. The van der Waals surface area contributed by atoms with Gasteiger partial charge in [-0.15, -0.1) is 6.42 Å². The predicted molar refractivity (Wildman–Crippen MR) is 54.6 cm³/mol. The van der Waals surface area contributed by atoms with Gasteiger partial charge in [0, 0.05) is 6.61 Å². The molecule has 0 aromatic rings. The molecule has 1 amide bonds. The van der Waals surface area contributed by atoms with Crippen molar-refractivity contribution in [2.24, 2.45) is 0 Å². The Bertz CT molecular complexity index is 226. The van der Waals surface area contributed by atoms with Crippen LogP contribution in [0.5, 0.6) is 0 Å². The fourth-order valence-corrected chi connectivity index (χ4v) is 1.47. The van der Waals surface area contributed by atoms with Crippen LogP contribution in [-0.4, -0.2) is 24.7 Å². The highest BCUT2D eigenvalue weighted by Gasteiger charge is 2.22. The number of carbonyl (C=O) groups excluding carboxylic acids is 1. The Labute approximate surface area is 85.2 Å². The van der Waals surface area contributed by atoms with Gasteiger partial charge in [-0.2, -0.15) is 0 Å². The maximum Gasteiger partial charge on any atom is 0.250 e. The fourth-order valence-electron chi connectivity index (χ4n) is 1.47. The maximum absolute atomic E-state index is 11.6. The van der Waals surface area contributed by atoms with E-state index in [1.54, 1.807) is 0 Å². The quantitative estimate of drug-likeness (QED) is 0.684. The lowest BCUT2D eigenvalue weighted by Crippen LogP contribution is -2.42. The molecule has 0 bridgehead atoms. The summed E-state index contributed by atoms with van der Waals surface area (Å²) in [6, 6.07) is -0.159. The summed E-state index contributed by atoms with van der Waals surface area (Å²) < 4.78 is 5.35. The lowest BCUT2D eigenvalue weighted by molar-refractivity contribution is -0.135. The van der Waals surface area contributed by atoms with Gasteiger partial charge in [0.2, 0.25) is 5.91 Å². The summed E-state index contributed by atoms with van der Waals surface area (Å²) in [6.07, 6.45) is 8.65. The maximum atomic E-state index is 11.6. The molecule has 1 N–H and O–H groups in total. The van der Waals surface area contributed by atoms with E-state index in [-0.39, 0.29) is 18.1 Å². The van der Waals surface area contributed by atoms with Crippen molar-refractivity contribution in [2.45, 2.75) is 44.8 Å². The third-order valence-electron chi connectivity index (χ3n) is 2.40. The number of hydrogen-bond donors (Lipinski definition) is 1. The van der Waals surface area contributed by atoms with Crippen molar-refractivity contribution < 1.29 is 9.53 Å². The predicted octanol–water partition coefficient (Wildman–Crippen LogP) is 1.08. The molecule has 1 rings (SSSR count). The molecular formula is C11H17NO2. The van der Waals surface area contributed by atoms with Crippen LogP contribution in [0.2, 0.25) is 0 Å². The van der Waals surface area contributed by atoms with Gasteiger partial charge in [-0.3, -0.25) is 4.79 Å². The molecule has 2 atom stereocenters. The summed E-state index contributed by atoms with van der Waals surface area (Å²) in [6.45, 7) is 2.64. The Balaban J connectivity index is 2.36. The first-order valence-electron chi connectivity index (χ1n) is 5.16. The first-order valence-corrected chi connectivity index (χ1v) is 5.16. The van der Waals surface area contributed by atoms with Crippen molar-refractivity contribution in [2.75, 3.05) is 6.61 Å². The van der Waals surface area contributed by atoms with Crippen LogP contribution in [0, 0.1) is 12.3 Å². The normalized spacial score (nSPS) is 23.6. The molecule has 1 heterocycles. The van der Waals surface area contributed by atoms with Crippen molar-refractivity contribution in [3.8, 4) is 12.3 Å². The molecule has 3 nitrogen and oxygen atoms in total. The van der Waals surface area contributed by atoms with E-state index in [0.717, 1.165) is 25.7 Å². The lowest BCUT2D eigenvalue weighted by Gasteiger charge is -2.23. The second-order valence-electron chi connectivity index (χ2n) is 3.49. The largest absolute Gasteiger partial charge is 0.368 e. The average molecular weight is 195 g/mol. The lowest BCUT2D eigenvalue weighted by atomic mass is 10.1. The molecule has 0 radical (unpaired) electrons. The molecule has 2 unspecified atom stereocenters. The van der Waals surface area contributed by atoms with E-state index in [0.29, 0.717) is 6.61 Å². The number of amides is 1. The number of hydrogen-bond acceptors (Lipinski definition) is 2. The summed E-state index contributed by atoms with van der Waals surface area (Å²) in [5.74, 6) is 2.47. The molecule has 1 saturated heterocycles.